The summed E-state index contributed by atoms with van der Waals surface area (Å²) in [6.07, 6.45) is 2.57. The largest absolute Gasteiger partial charge is 0.352 e. The van der Waals surface area contributed by atoms with E-state index in [2.05, 4.69) is 28.9 Å². The summed E-state index contributed by atoms with van der Waals surface area (Å²) in [7, 11) is 0. The smallest absolute Gasteiger partial charge is 0.151 e. The van der Waals surface area contributed by atoms with Crippen LogP contribution in [0.5, 0.6) is 0 Å². The minimum absolute atomic E-state index is 0.431. The third-order valence-electron chi connectivity index (χ3n) is 2.69. The maximum absolute atomic E-state index is 5.70. The van der Waals surface area contributed by atoms with E-state index in [-0.39, 0.29) is 0 Å². The van der Waals surface area contributed by atoms with Crippen molar-refractivity contribution < 1.29 is 0 Å². The minimum Gasteiger partial charge on any atom is -0.352 e. The Bertz CT molecular complexity index is 333. The van der Waals surface area contributed by atoms with Gasteiger partial charge in [0.15, 0.2) is 5.82 Å². The van der Waals surface area contributed by atoms with Crippen molar-refractivity contribution in [3.63, 3.8) is 0 Å². The van der Waals surface area contributed by atoms with E-state index < -0.39 is 0 Å². The minimum atomic E-state index is 0.431. The van der Waals surface area contributed by atoms with Crippen LogP contribution < -0.4 is 4.90 Å². The molecule has 0 saturated heterocycles. The number of aromatic nitrogens is 2. The highest BCUT2D eigenvalue weighted by molar-refractivity contribution is 6.16. The molecular formula is C12H18ClN3. The first kappa shape index (κ1) is 11.6. The van der Waals surface area contributed by atoms with E-state index >= 15 is 0 Å². The highest BCUT2D eigenvalue weighted by atomic mass is 35.5. The van der Waals surface area contributed by atoms with Gasteiger partial charge in [-0.3, -0.25) is 0 Å². The molecule has 1 saturated carbocycles. The summed E-state index contributed by atoms with van der Waals surface area (Å²) in [4.78, 5) is 2.37. The van der Waals surface area contributed by atoms with Crippen molar-refractivity contribution in [2.24, 2.45) is 5.92 Å². The number of nitrogens with zero attached hydrogens (tertiary/aromatic N) is 3. The molecule has 1 heterocycles. The first-order chi connectivity index (χ1) is 7.70. The zero-order valence-electron chi connectivity index (χ0n) is 9.86. The molecule has 88 valence electrons. The molecule has 1 aliphatic rings. The Kier molecular flexibility index (Phi) is 3.64. The van der Waals surface area contributed by atoms with Crippen molar-refractivity contribution in [3.8, 4) is 0 Å². The van der Waals surface area contributed by atoms with Crippen molar-refractivity contribution in [3.05, 3.63) is 17.8 Å². The van der Waals surface area contributed by atoms with Crippen LogP contribution in [-0.4, -0.2) is 22.8 Å². The zero-order valence-corrected chi connectivity index (χ0v) is 10.6. The van der Waals surface area contributed by atoms with E-state index in [4.69, 9.17) is 11.6 Å². The van der Waals surface area contributed by atoms with Gasteiger partial charge in [0.25, 0.3) is 0 Å². The Morgan fingerprint density at radius 2 is 2.12 bits per heavy atom. The summed E-state index contributed by atoms with van der Waals surface area (Å²) in [5.41, 5.74) is 0.839. The van der Waals surface area contributed by atoms with Gasteiger partial charge in [0.1, 0.15) is 0 Å². The Morgan fingerprint density at radius 3 is 2.56 bits per heavy atom. The predicted molar refractivity (Wildman–Crippen MR) is 66.8 cm³/mol. The first-order valence-electron chi connectivity index (χ1n) is 5.86. The van der Waals surface area contributed by atoms with Gasteiger partial charge < -0.3 is 4.90 Å². The van der Waals surface area contributed by atoms with Gasteiger partial charge in [-0.2, -0.15) is 5.10 Å². The lowest BCUT2D eigenvalue weighted by Crippen LogP contribution is -2.30. The Labute approximate surface area is 102 Å². The molecule has 0 spiro atoms. The fourth-order valence-electron chi connectivity index (χ4n) is 1.79. The van der Waals surface area contributed by atoms with Gasteiger partial charge in [0, 0.05) is 12.6 Å². The second kappa shape index (κ2) is 5.00. The third-order valence-corrected chi connectivity index (χ3v) is 2.96. The van der Waals surface area contributed by atoms with E-state index in [9.17, 15) is 0 Å². The van der Waals surface area contributed by atoms with Crippen LogP contribution in [0.1, 0.15) is 32.4 Å². The van der Waals surface area contributed by atoms with Crippen LogP contribution in [0.25, 0.3) is 0 Å². The molecular weight excluding hydrogens is 222 g/mol. The van der Waals surface area contributed by atoms with Crippen molar-refractivity contribution in [1.29, 1.82) is 0 Å². The summed E-state index contributed by atoms with van der Waals surface area (Å²) in [6, 6.07) is 4.68. The standard InChI is InChI=1S/C12H18ClN3/c1-9(2)8-16(11-4-5-11)12-6-3-10(7-13)14-15-12/h3,6,9,11H,4-5,7-8H2,1-2H3. The highest BCUT2D eigenvalue weighted by Gasteiger charge is 2.30. The summed E-state index contributed by atoms with van der Waals surface area (Å²) in [5, 5.41) is 8.37. The van der Waals surface area contributed by atoms with Crippen molar-refractivity contribution in [1.82, 2.24) is 10.2 Å². The molecule has 0 N–H and O–H groups in total. The number of hydrogen-bond acceptors (Lipinski definition) is 3. The highest BCUT2D eigenvalue weighted by Crippen LogP contribution is 2.30. The molecule has 1 aromatic heterocycles. The summed E-state index contributed by atoms with van der Waals surface area (Å²) in [5.74, 6) is 2.07. The first-order valence-corrected chi connectivity index (χ1v) is 6.39. The van der Waals surface area contributed by atoms with Crippen LogP contribution in [0.15, 0.2) is 12.1 Å². The molecule has 2 rings (SSSR count). The molecule has 1 fully saturated rings. The third kappa shape index (κ3) is 2.85. The Hall–Kier alpha value is -0.830. The molecule has 4 heteroatoms. The molecule has 3 nitrogen and oxygen atoms in total. The van der Waals surface area contributed by atoms with Gasteiger partial charge in [-0.15, -0.1) is 16.7 Å². The molecule has 1 aromatic rings. The maximum atomic E-state index is 5.70. The van der Waals surface area contributed by atoms with Crippen LogP contribution in [0.3, 0.4) is 0 Å². The van der Waals surface area contributed by atoms with Crippen molar-refractivity contribution >= 4 is 17.4 Å². The van der Waals surface area contributed by atoms with E-state index in [0.717, 1.165) is 18.1 Å². The maximum Gasteiger partial charge on any atom is 0.151 e. The van der Waals surface area contributed by atoms with Crippen molar-refractivity contribution in [2.75, 3.05) is 11.4 Å². The molecule has 0 bridgehead atoms. The lowest BCUT2D eigenvalue weighted by molar-refractivity contribution is 0.599. The summed E-state index contributed by atoms with van der Waals surface area (Å²) < 4.78 is 0. The van der Waals surface area contributed by atoms with E-state index in [1.807, 2.05) is 12.1 Å². The molecule has 0 aliphatic heterocycles. The van der Waals surface area contributed by atoms with Crippen LogP contribution in [-0.2, 0) is 5.88 Å². The van der Waals surface area contributed by atoms with E-state index in [0.29, 0.717) is 17.8 Å². The van der Waals surface area contributed by atoms with Crippen LogP contribution >= 0.6 is 11.6 Å². The second-order valence-electron chi connectivity index (χ2n) is 4.79. The van der Waals surface area contributed by atoms with Gasteiger partial charge in [-0.1, -0.05) is 13.8 Å². The molecule has 0 amide bonds. The number of rotatable bonds is 5. The monoisotopic (exact) mass is 239 g/mol. The normalized spacial score (nSPS) is 15.5. The Balaban J connectivity index is 2.11. The number of hydrogen-bond donors (Lipinski definition) is 0. The summed E-state index contributed by atoms with van der Waals surface area (Å²) in [6.45, 7) is 5.52. The molecule has 0 aromatic carbocycles. The lowest BCUT2D eigenvalue weighted by Gasteiger charge is -2.24. The van der Waals surface area contributed by atoms with Gasteiger partial charge in [0.2, 0.25) is 0 Å². The quantitative estimate of drug-likeness (QED) is 0.740. The number of halogens is 1. The SMILES string of the molecule is CC(C)CN(c1ccc(CCl)nn1)C1CC1. The Morgan fingerprint density at radius 1 is 1.38 bits per heavy atom. The van der Waals surface area contributed by atoms with E-state index in [1.165, 1.54) is 12.8 Å². The predicted octanol–water partition coefficient (Wildman–Crippen LogP) is 2.84. The number of alkyl halides is 1. The van der Waals surface area contributed by atoms with Gasteiger partial charge in [0.05, 0.1) is 11.6 Å². The fourth-order valence-corrected chi connectivity index (χ4v) is 1.93. The zero-order chi connectivity index (χ0) is 11.5. The topological polar surface area (TPSA) is 29.0 Å². The van der Waals surface area contributed by atoms with Crippen molar-refractivity contribution in [2.45, 2.75) is 38.6 Å². The number of anilines is 1. The van der Waals surface area contributed by atoms with Gasteiger partial charge >= 0.3 is 0 Å². The van der Waals surface area contributed by atoms with Gasteiger partial charge in [-0.05, 0) is 30.9 Å². The van der Waals surface area contributed by atoms with Crippen LogP contribution in [0.2, 0.25) is 0 Å². The molecule has 0 radical (unpaired) electrons. The van der Waals surface area contributed by atoms with E-state index in [1.54, 1.807) is 0 Å². The summed E-state index contributed by atoms with van der Waals surface area (Å²) >= 11 is 5.70. The average Bonchev–Trinajstić information content (AvgIpc) is 3.10. The second-order valence-corrected chi connectivity index (χ2v) is 5.06. The van der Waals surface area contributed by atoms with Crippen LogP contribution in [0, 0.1) is 5.92 Å². The lowest BCUT2D eigenvalue weighted by atomic mass is 10.2. The molecule has 16 heavy (non-hydrogen) atoms. The average molecular weight is 240 g/mol. The van der Waals surface area contributed by atoms with Crippen LogP contribution in [0.4, 0.5) is 5.82 Å². The molecule has 0 atom stereocenters. The molecule has 0 unspecified atom stereocenters. The van der Waals surface area contributed by atoms with Gasteiger partial charge in [-0.25, -0.2) is 0 Å². The molecule has 1 aliphatic carbocycles. The fraction of sp³-hybridized carbons (Fsp3) is 0.667.